The maximum atomic E-state index is 12.4. The summed E-state index contributed by atoms with van der Waals surface area (Å²) in [5, 5.41) is 0. The van der Waals surface area contributed by atoms with Gasteiger partial charge in [0.05, 0.1) is 22.5 Å². The zero-order valence-corrected chi connectivity index (χ0v) is 12.7. The van der Waals surface area contributed by atoms with Crippen molar-refractivity contribution >= 4 is 42.6 Å². The molecule has 20 heavy (non-hydrogen) atoms. The summed E-state index contributed by atoms with van der Waals surface area (Å²) in [5.41, 5.74) is 1.18. The van der Waals surface area contributed by atoms with Crippen LogP contribution in [0, 0.1) is 5.92 Å². The molecule has 3 rings (SSSR count). The van der Waals surface area contributed by atoms with Crippen LogP contribution in [0.25, 0.3) is 11.0 Å². The van der Waals surface area contributed by atoms with Gasteiger partial charge < -0.3 is 9.97 Å². The zero-order valence-electron chi connectivity index (χ0n) is 10.3. The lowest BCUT2D eigenvalue weighted by Crippen LogP contribution is -2.16. The maximum absolute atomic E-state index is 12.4. The van der Waals surface area contributed by atoms with Crippen molar-refractivity contribution in [2.45, 2.75) is 6.42 Å². The van der Waals surface area contributed by atoms with E-state index in [2.05, 4.69) is 25.9 Å². The van der Waals surface area contributed by atoms with Crippen molar-refractivity contribution in [3.05, 3.63) is 32.7 Å². The minimum absolute atomic E-state index is 0.0598. The number of fused-ring (bicyclic) bond motifs is 1. The Morgan fingerprint density at radius 3 is 2.50 bits per heavy atom. The van der Waals surface area contributed by atoms with Crippen molar-refractivity contribution in [3.8, 4) is 0 Å². The molecule has 1 aliphatic rings. The number of Topliss-reactive ketones (excluding diaryl/α,β-unsaturated/α-hetero) is 1. The van der Waals surface area contributed by atoms with Gasteiger partial charge in [-0.2, -0.15) is 0 Å². The number of halogens is 1. The van der Waals surface area contributed by atoms with Crippen LogP contribution in [0.5, 0.6) is 0 Å². The van der Waals surface area contributed by atoms with Crippen LogP contribution in [0.2, 0.25) is 0 Å². The largest absolute Gasteiger partial charge is 0.323 e. The molecule has 0 aliphatic carbocycles. The van der Waals surface area contributed by atoms with Gasteiger partial charge in [0.15, 0.2) is 15.6 Å². The summed E-state index contributed by atoms with van der Waals surface area (Å²) in [7, 11) is -3.10. The molecule has 1 saturated heterocycles. The fraction of sp³-hybridized carbons (Fsp3) is 0.333. The number of nitrogens with one attached hydrogen (secondary N) is 2. The normalized spacial score (nSPS) is 21.4. The third-order valence-electron chi connectivity index (χ3n) is 3.47. The number of carbonyl (C=O) groups is 1. The molecule has 1 fully saturated rings. The highest BCUT2D eigenvalue weighted by Gasteiger charge is 2.34. The van der Waals surface area contributed by atoms with E-state index in [-0.39, 0.29) is 23.0 Å². The van der Waals surface area contributed by atoms with Crippen LogP contribution in [-0.2, 0) is 9.84 Å². The van der Waals surface area contributed by atoms with E-state index in [0.717, 1.165) is 0 Å². The minimum Gasteiger partial charge on any atom is -0.306 e. The molecule has 2 N–H and O–H groups in total. The number of aromatic amines is 2. The van der Waals surface area contributed by atoms with Crippen LogP contribution in [0.15, 0.2) is 21.4 Å². The minimum atomic E-state index is -3.10. The number of carbonyl (C=O) groups excluding carboxylic acids is 1. The predicted octanol–water partition coefficient (Wildman–Crippen LogP) is 1.24. The van der Waals surface area contributed by atoms with E-state index < -0.39 is 15.8 Å². The molecule has 0 amide bonds. The second-order valence-corrected chi connectivity index (χ2v) is 8.00. The van der Waals surface area contributed by atoms with Crippen LogP contribution >= 0.6 is 15.9 Å². The molecule has 1 aliphatic heterocycles. The monoisotopic (exact) mass is 358 g/mol. The van der Waals surface area contributed by atoms with Gasteiger partial charge >= 0.3 is 5.69 Å². The Labute approximate surface area is 122 Å². The molecule has 1 atom stereocenters. The third-order valence-corrected chi connectivity index (χ3v) is 5.90. The number of H-pyrrole nitrogens is 2. The van der Waals surface area contributed by atoms with Gasteiger partial charge in [0.25, 0.3) is 0 Å². The van der Waals surface area contributed by atoms with Crippen LogP contribution < -0.4 is 5.69 Å². The van der Waals surface area contributed by atoms with Crippen molar-refractivity contribution in [1.82, 2.24) is 9.97 Å². The molecule has 0 saturated carbocycles. The van der Waals surface area contributed by atoms with Gasteiger partial charge in [-0.05, 0) is 34.5 Å². The van der Waals surface area contributed by atoms with Crippen molar-refractivity contribution in [2.75, 3.05) is 11.5 Å². The van der Waals surface area contributed by atoms with E-state index in [4.69, 9.17) is 0 Å². The van der Waals surface area contributed by atoms with Crippen LogP contribution in [0.4, 0.5) is 0 Å². The average molecular weight is 359 g/mol. The molecule has 8 heteroatoms. The van der Waals surface area contributed by atoms with Crippen molar-refractivity contribution in [2.24, 2.45) is 5.92 Å². The Hall–Kier alpha value is -1.41. The van der Waals surface area contributed by atoms with Gasteiger partial charge in [-0.15, -0.1) is 0 Å². The zero-order chi connectivity index (χ0) is 14.5. The summed E-state index contributed by atoms with van der Waals surface area (Å²) in [6.07, 6.45) is 0.356. The molecular weight excluding hydrogens is 348 g/mol. The third kappa shape index (κ3) is 2.33. The molecule has 2 aromatic rings. The molecule has 1 aromatic carbocycles. The van der Waals surface area contributed by atoms with Gasteiger partial charge in [0.1, 0.15) is 0 Å². The summed E-state index contributed by atoms with van der Waals surface area (Å²) >= 11 is 3.30. The van der Waals surface area contributed by atoms with Crippen molar-refractivity contribution in [3.63, 3.8) is 0 Å². The Kier molecular flexibility index (Phi) is 3.09. The van der Waals surface area contributed by atoms with Crippen LogP contribution in [0.3, 0.4) is 0 Å². The fourth-order valence-corrected chi connectivity index (χ4v) is 4.75. The van der Waals surface area contributed by atoms with Gasteiger partial charge in [0, 0.05) is 16.0 Å². The summed E-state index contributed by atoms with van der Waals surface area (Å²) < 4.78 is 23.5. The lowest BCUT2D eigenvalue weighted by atomic mass is 9.97. The summed E-state index contributed by atoms with van der Waals surface area (Å²) in [5.74, 6) is -0.745. The number of ketones is 1. The topological polar surface area (TPSA) is 99.9 Å². The quantitative estimate of drug-likeness (QED) is 0.788. The van der Waals surface area contributed by atoms with Crippen molar-refractivity contribution in [1.29, 1.82) is 0 Å². The first-order valence-corrected chi connectivity index (χ1v) is 8.63. The molecular formula is C12H11BrN2O4S. The molecule has 6 nitrogen and oxygen atoms in total. The Morgan fingerprint density at radius 2 is 1.90 bits per heavy atom. The van der Waals surface area contributed by atoms with E-state index in [9.17, 15) is 18.0 Å². The lowest BCUT2D eigenvalue weighted by Gasteiger charge is -2.08. The van der Waals surface area contributed by atoms with Crippen LogP contribution in [0.1, 0.15) is 16.8 Å². The number of benzene rings is 1. The first kappa shape index (κ1) is 13.6. The number of imidazole rings is 1. The highest BCUT2D eigenvalue weighted by Crippen LogP contribution is 2.28. The smallest absolute Gasteiger partial charge is 0.306 e. The van der Waals surface area contributed by atoms with Gasteiger partial charge in [-0.25, -0.2) is 13.2 Å². The van der Waals surface area contributed by atoms with Gasteiger partial charge in [-0.1, -0.05) is 0 Å². The first-order chi connectivity index (χ1) is 9.35. The van der Waals surface area contributed by atoms with E-state index >= 15 is 0 Å². The second-order valence-electron chi connectivity index (χ2n) is 4.92. The number of rotatable bonds is 2. The number of hydrogen-bond acceptors (Lipinski definition) is 4. The summed E-state index contributed by atoms with van der Waals surface area (Å²) in [6.45, 7) is 0. The van der Waals surface area contributed by atoms with Crippen LogP contribution in [-0.4, -0.2) is 35.7 Å². The van der Waals surface area contributed by atoms with Gasteiger partial charge in [0.2, 0.25) is 0 Å². The Balaban J connectivity index is 2.03. The Bertz CT molecular complexity index is 865. The molecule has 2 heterocycles. The highest BCUT2D eigenvalue weighted by atomic mass is 79.9. The van der Waals surface area contributed by atoms with E-state index in [1.54, 1.807) is 12.1 Å². The standard InChI is InChI=1S/C12H11BrN2O4S/c13-8-4-10-9(14-12(17)15-10)3-7(8)11(16)6-1-2-20(18,19)5-6/h3-4,6H,1-2,5H2,(H2,14,15,17). The second kappa shape index (κ2) is 4.56. The average Bonchev–Trinajstić information content (AvgIpc) is 2.88. The number of hydrogen-bond donors (Lipinski definition) is 2. The van der Waals surface area contributed by atoms with Crippen molar-refractivity contribution < 1.29 is 13.2 Å². The lowest BCUT2D eigenvalue weighted by molar-refractivity contribution is 0.0932. The molecule has 1 aromatic heterocycles. The van der Waals surface area contributed by atoms with Gasteiger partial charge in [-0.3, -0.25) is 4.79 Å². The molecule has 1 unspecified atom stereocenters. The predicted molar refractivity (Wildman–Crippen MR) is 77.7 cm³/mol. The first-order valence-electron chi connectivity index (χ1n) is 6.02. The molecule has 0 radical (unpaired) electrons. The maximum Gasteiger partial charge on any atom is 0.323 e. The SMILES string of the molecule is O=C(c1cc2[nH]c(=O)[nH]c2cc1Br)C1CCS(=O)(=O)C1. The van der Waals surface area contributed by atoms with E-state index in [0.29, 0.717) is 27.5 Å². The highest BCUT2D eigenvalue weighted by molar-refractivity contribution is 9.10. The van der Waals surface area contributed by atoms with E-state index in [1.807, 2.05) is 0 Å². The molecule has 0 bridgehead atoms. The summed E-state index contributed by atoms with van der Waals surface area (Å²) in [6, 6.07) is 3.22. The molecule has 0 spiro atoms. The summed E-state index contributed by atoms with van der Waals surface area (Å²) in [4.78, 5) is 28.8. The Morgan fingerprint density at radius 1 is 1.25 bits per heavy atom. The van der Waals surface area contributed by atoms with E-state index in [1.165, 1.54) is 0 Å². The number of sulfone groups is 1. The fourth-order valence-electron chi connectivity index (χ4n) is 2.47. The number of aromatic nitrogens is 2. The molecule has 106 valence electrons.